The summed E-state index contributed by atoms with van der Waals surface area (Å²) < 4.78 is 25.9. The quantitative estimate of drug-likeness (QED) is 0.852. The van der Waals surface area contributed by atoms with Crippen LogP contribution in [0.3, 0.4) is 0 Å². The van der Waals surface area contributed by atoms with E-state index in [4.69, 9.17) is 16.7 Å². The van der Waals surface area contributed by atoms with Crippen molar-refractivity contribution >= 4 is 27.6 Å². The number of nitrogens with zero attached hydrogens (tertiary/aromatic N) is 2. The van der Waals surface area contributed by atoms with E-state index < -0.39 is 22.0 Å². The zero-order valence-electron chi connectivity index (χ0n) is 9.99. The number of piperidine rings is 1. The highest BCUT2D eigenvalue weighted by Gasteiger charge is 2.38. The first-order valence-electron chi connectivity index (χ1n) is 5.80. The number of carbonyl (C=O) groups is 1. The second kappa shape index (κ2) is 5.44. The van der Waals surface area contributed by atoms with Gasteiger partial charge in [-0.25, -0.2) is 13.4 Å². The van der Waals surface area contributed by atoms with Gasteiger partial charge in [-0.15, -0.1) is 0 Å². The van der Waals surface area contributed by atoms with Gasteiger partial charge < -0.3 is 5.11 Å². The van der Waals surface area contributed by atoms with Crippen molar-refractivity contribution in [2.24, 2.45) is 0 Å². The molecular formula is C11H13ClN2O4S. The third-order valence-corrected chi connectivity index (χ3v) is 5.40. The van der Waals surface area contributed by atoms with E-state index in [-0.39, 0.29) is 16.6 Å². The van der Waals surface area contributed by atoms with Gasteiger partial charge in [-0.05, 0) is 31.4 Å². The number of rotatable bonds is 3. The van der Waals surface area contributed by atoms with Crippen LogP contribution in [0.1, 0.15) is 19.3 Å². The molecule has 0 aromatic carbocycles. The molecule has 8 heteroatoms. The van der Waals surface area contributed by atoms with E-state index in [1.807, 2.05) is 0 Å². The van der Waals surface area contributed by atoms with Gasteiger partial charge in [0.2, 0.25) is 10.0 Å². The molecule has 1 atom stereocenters. The fourth-order valence-electron chi connectivity index (χ4n) is 2.13. The molecule has 0 spiro atoms. The van der Waals surface area contributed by atoms with Gasteiger partial charge in [-0.1, -0.05) is 11.6 Å². The highest BCUT2D eigenvalue weighted by atomic mass is 35.5. The van der Waals surface area contributed by atoms with E-state index in [1.54, 1.807) is 0 Å². The van der Waals surface area contributed by atoms with Crippen molar-refractivity contribution in [3.8, 4) is 0 Å². The molecule has 1 fully saturated rings. The molecule has 0 saturated carbocycles. The van der Waals surface area contributed by atoms with Crippen molar-refractivity contribution in [3.05, 3.63) is 23.5 Å². The smallest absolute Gasteiger partial charge is 0.322 e. The molecule has 0 amide bonds. The van der Waals surface area contributed by atoms with Gasteiger partial charge in [0, 0.05) is 12.7 Å². The molecular weight excluding hydrogens is 292 g/mol. The monoisotopic (exact) mass is 304 g/mol. The molecule has 2 rings (SSSR count). The first-order chi connectivity index (χ1) is 8.94. The summed E-state index contributed by atoms with van der Waals surface area (Å²) >= 11 is 5.79. The van der Waals surface area contributed by atoms with Crippen molar-refractivity contribution in [2.45, 2.75) is 30.2 Å². The molecule has 1 aromatic rings. The fraction of sp³-hybridized carbons (Fsp3) is 0.455. The Kier molecular flexibility index (Phi) is 4.07. The molecule has 1 aliphatic rings. The van der Waals surface area contributed by atoms with Crippen molar-refractivity contribution in [3.63, 3.8) is 0 Å². The second-order valence-corrected chi connectivity index (χ2v) is 6.47. The Morgan fingerprint density at radius 1 is 1.47 bits per heavy atom. The standard InChI is InChI=1S/C11H13ClN2O4S/c12-10-9(5-3-6-13-10)19(17,18)14-7-2-1-4-8(14)11(15)16/h3,5-6,8H,1-2,4,7H2,(H,15,16)/t8-/m0/s1. The molecule has 0 bridgehead atoms. The van der Waals surface area contributed by atoms with Gasteiger partial charge in [-0.3, -0.25) is 4.79 Å². The summed E-state index contributed by atoms with van der Waals surface area (Å²) in [6.45, 7) is 0.185. The lowest BCUT2D eigenvalue weighted by molar-refractivity contribution is -0.142. The van der Waals surface area contributed by atoms with Crippen LogP contribution in [0.15, 0.2) is 23.2 Å². The summed E-state index contributed by atoms with van der Waals surface area (Å²) in [5.41, 5.74) is 0. The van der Waals surface area contributed by atoms with Crippen molar-refractivity contribution < 1.29 is 18.3 Å². The summed E-state index contributed by atoms with van der Waals surface area (Å²) in [6.07, 6.45) is 3.03. The molecule has 104 valence electrons. The number of carboxylic acids is 1. The Morgan fingerprint density at radius 3 is 2.84 bits per heavy atom. The summed E-state index contributed by atoms with van der Waals surface area (Å²) in [6, 6.07) is 1.76. The van der Waals surface area contributed by atoms with Crippen molar-refractivity contribution in [1.29, 1.82) is 0 Å². The maximum absolute atomic E-state index is 12.5. The van der Waals surface area contributed by atoms with Crippen molar-refractivity contribution in [1.82, 2.24) is 9.29 Å². The average molecular weight is 305 g/mol. The first kappa shape index (κ1) is 14.2. The molecule has 19 heavy (non-hydrogen) atoms. The average Bonchev–Trinajstić information content (AvgIpc) is 2.39. The molecule has 0 radical (unpaired) electrons. The number of carboxylic acid groups (broad SMARTS) is 1. The van der Waals surface area contributed by atoms with Crippen LogP contribution < -0.4 is 0 Å². The van der Waals surface area contributed by atoms with Crippen LogP contribution in [0.25, 0.3) is 0 Å². The van der Waals surface area contributed by atoms with Crippen LogP contribution in [-0.2, 0) is 14.8 Å². The van der Waals surface area contributed by atoms with Gasteiger partial charge in [0.15, 0.2) is 0 Å². The fourth-order valence-corrected chi connectivity index (χ4v) is 4.21. The number of hydrogen-bond acceptors (Lipinski definition) is 4. The van der Waals surface area contributed by atoms with Gasteiger partial charge in [0.05, 0.1) is 0 Å². The Labute approximate surface area is 116 Å². The third kappa shape index (κ3) is 2.72. The van der Waals surface area contributed by atoms with E-state index >= 15 is 0 Å². The Balaban J connectivity index is 2.43. The molecule has 1 aliphatic heterocycles. The van der Waals surface area contributed by atoms with E-state index in [9.17, 15) is 13.2 Å². The largest absolute Gasteiger partial charge is 0.480 e. The van der Waals surface area contributed by atoms with Gasteiger partial charge >= 0.3 is 5.97 Å². The van der Waals surface area contributed by atoms with E-state index in [0.29, 0.717) is 19.3 Å². The van der Waals surface area contributed by atoms with Crippen LogP contribution in [0.4, 0.5) is 0 Å². The molecule has 6 nitrogen and oxygen atoms in total. The maximum Gasteiger partial charge on any atom is 0.322 e. The second-order valence-electron chi connectivity index (χ2n) is 4.26. The Bertz CT molecular complexity index is 590. The number of halogens is 1. The molecule has 1 saturated heterocycles. The van der Waals surface area contributed by atoms with E-state index in [2.05, 4.69) is 4.98 Å². The number of hydrogen-bond donors (Lipinski definition) is 1. The highest BCUT2D eigenvalue weighted by Crippen LogP contribution is 2.28. The number of aromatic nitrogens is 1. The van der Waals surface area contributed by atoms with E-state index in [1.165, 1.54) is 18.3 Å². The Morgan fingerprint density at radius 2 is 2.21 bits per heavy atom. The SMILES string of the molecule is O=C(O)[C@@H]1CCCCN1S(=O)(=O)c1cccnc1Cl. The number of pyridine rings is 1. The Hall–Kier alpha value is -1.18. The van der Waals surface area contributed by atoms with Gasteiger partial charge in [0.1, 0.15) is 16.1 Å². The lowest BCUT2D eigenvalue weighted by Crippen LogP contribution is -2.47. The van der Waals surface area contributed by atoms with Crippen LogP contribution >= 0.6 is 11.6 Å². The maximum atomic E-state index is 12.5. The highest BCUT2D eigenvalue weighted by molar-refractivity contribution is 7.89. The predicted octanol–water partition coefficient (Wildman–Crippen LogP) is 1.36. The van der Waals surface area contributed by atoms with E-state index in [0.717, 1.165) is 4.31 Å². The van der Waals surface area contributed by atoms with Crippen LogP contribution in [0.2, 0.25) is 5.15 Å². The van der Waals surface area contributed by atoms with Crippen LogP contribution in [0.5, 0.6) is 0 Å². The number of aliphatic carboxylic acids is 1. The zero-order chi connectivity index (χ0) is 14.0. The molecule has 1 aromatic heterocycles. The van der Waals surface area contributed by atoms with Crippen molar-refractivity contribution in [2.75, 3.05) is 6.54 Å². The minimum absolute atomic E-state index is 0.141. The predicted molar refractivity (Wildman–Crippen MR) is 68.4 cm³/mol. The summed E-state index contributed by atoms with van der Waals surface area (Å²) in [5.74, 6) is -1.14. The topological polar surface area (TPSA) is 87.6 Å². The summed E-state index contributed by atoms with van der Waals surface area (Å²) in [5, 5.41) is 8.99. The van der Waals surface area contributed by atoms with Crippen LogP contribution in [-0.4, -0.2) is 41.4 Å². The van der Waals surface area contributed by atoms with Crippen LogP contribution in [0, 0.1) is 0 Å². The molecule has 2 heterocycles. The lowest BCUT2D eigenvalue weighted by Gasteiger charge is -2.31. The minimum Gasteiger partial charge on any atom is -0.480 e. The third-order valence-electron chi connectivity index (χ3n) is 3.05. The number of sulfonamides is 1. The molecule has 1 N–H and O–H groups in total. The molecule has 0 aliphatic carbocycles. The normalized spacial score (nSPS) is 21.2. The minimum atomic E-state index is -3.93. The summed E-state index contributed by atoms with van der Waals surface area (Å²) in [4.78, 5) is 14.7. The zero-order valence-corrected chi connectivity index (χ0v) is 11.6. The molecule has 0 unspecified atom stereocenters. The van der Waals surface area contributed by atoms with Gasteiger partial charge in [0.25, 0.3) is 0 Å². The first-order valence-corrected chi connectivity index (χ1v) is 7.61. The lowest BCUT2D eigenvalue weighted by atomic mass is 10.1. The van der Waals surface area contributed by atoms with Gasteiger partial charge in [-0.2, -0.15) is 4.31 Å². The summed E-state index contributed by atoms with van der Waals surface area (Å²) in [7, 11) is -3.93.